The molecule has 1 heterocycles. The number of nitrogens with two attached hydrogens (primary N) is 1. The van der Waals surface area contributed by atoms with Gasteiger partial charge in [-0.3, -0.25) is 0 Å². The fourth-order valence-corrected chi connectivity index (χ4v) is 3.36. The molecular weight excluding hydrogens is 272 g/mol. The van der Waals surface area contributed by atoms with Crippen molar-refractivity contribution in [2.75, 3.05) is 0 Å². The molecule has 2 aromatic rings. The van der Waals surface area contributed by atoms with Gasteiger partial charge in [0.2, 0.25) is 0 Å². The Morgan fingerprint density at radius 1 is 1.26 bits per heavy atom. The molecule has 0 saturated heterocycles. The first-order valence-corrected chi connectivity index (χ1v) is 7.40. The molecule has 0 radical (unpaired) electrons. The van der Waals surface area contributed by atoms with Crippen molar-refractivity contribution in [3.05, 3.63) is 40.4 Å². The van der Waals surface area contributed by atoms with E-state index in [1.54, 1.807) is 11.3 Å². The van der Waals surface area contributed by atoms with Gasteiger partial charge in [-0.2, -0.15) is 0 Å². The van der Waals surface area contributed by atoms with Crippen LogP contribution in [0.15, 0.2) is 24.3 Å². The maximum Gasteiger partial charge on any atom is 0.124 e. The number of hydrogen-bond donors (Lipinski definition) is 1. The SMILES string of the molecule is Cc1ccccc1-c1nc(C(C)(C)C)c(C(N)=S)s1. The molecule has 0 bridgehead atoms. The molecule has 2 rings (SSSR count). The van der Waals surface area contributed by atoms with E-state index in [2.05, 4.69) is 39.8 Å². The van der Waals surface area contributed by atoms with Gasteiger partial charge >= 0.3 is 0 Å². The van der Waals surface area contributed by atoms with E-state index in [9.17, 15) is 0 Å². The van der Waals surface area contributed by atoms with E-state index in [0.29, 0.717) is 4.99 Å². The summed E-state index contributed by atoms with van der Waals surface area (Å²) in [5.74, 6) is 0. The van der Waals surface area contributed by atoms with E-state index < -0.39 is 0 Å². The first-order chi connectivity index (χ1) is 8.80. The highest BCUT2D eigenvalue weighted by Gasteiger charge is 2.25. The summed E-state index contributed by atoms with van der Waals surface area (Å²) in [6.45, 7) is 8.48. The lowest BCUT2D eigenvalue weighted by Crippen LogP contribution is -2.19. The lowest BCUT2D eigenvalue weighted by molar-refractivity contribution is 0.572. The maximum absolute atomic E-state index is 5.84. The summed E-state index contributed by atoms with van der Waals surface area (Å²) in [5, 5.41) is 0.992. The summed E-state index contributed by atoms with van der Waals surface area (Å²) in [4.78, 5) is 6.15. The molecule has 2 nitrogen and oxygen atoms in total. The van der Waals surface area contributed by atoms with Crippen LogP contribution in [-0.4, -0.2) is 9.97 Å². The van der Waals surface area contributed by atoms with Crippen LogP contribution in [0.1, 0.15) is 36.9 Å². The minimum atomic E-state index is -0.0593. The molecule has 4 heteroatoms. The first kappa shape index (κ1) is 14.2. The van der Waals surface area contributed by atoms with Crippen LogP contribution in [0.4, 0.5) is 0 Å². The van der Waals surface area contributed by atoms with E-state index >= 15 is 0 Å². The summed E-state index contributed by atoms with van der Waals surface area (Å²) in [6.07, 6.45) is 0. The lowest BCUT2D eigenvalue weighted by Gasteiger charge is -2.16. The number of aryl methyl sites for hydroxylation is 1. The second-order valence-electron chi connectivity index (χ2n) is 5.63. The average Bonchev–Trinajstić information content (AvgIpc) is 2.74. The van der Waals surface area contributed by atoms with Crippen molar-refractivity contribution >= 4 is 28.5 Å². The molecule has 1 aromatic carbocycles. The van der Waals surface area contributed by atoms with Crippen LogP contribution < -0.4 is 5.73 Å². The van der Waals surface area contributed by atoms with E-state index in [-0.39, 0.29) is 5.41 Å². The van der Waals surface area contributed by atoms with Gasteiger partial charge in [-0.25, -0.2) is 4.98 Å². The van der Waals surface area contributed by atoms with Crippen LogP contribution in [0.25, 0.3) is 10.6 Å². The minimum absolute atomic E-state index is 0.0593. The van der Waals surface area contributed by atoms with Crippen molar-refractivity contribution in [1.29, 1.82) is 0 Å². The molecule has 2 N–H and O–H groups in total. The molecule has 0 aliphatic heterocycles. The highest BCUT2D eigenvalue weighted by Crippen LogP contribution is 2.35. The minimum Gasteiger partial charge on any atom is -0.389 e. The van der Waals surface area contributed by atoms with Crippen LogP contribution in [0.5, 0.6) is 0 Å². The summed E-state index contributed by atoms with van der Waals surface area (Å²) in [7, 11) is 0. The van der Waals surface area contributed by atoms with Gasteiger partial charge in [0.05, 0.1) is 10.6 Å². The topological polar surface area (TPSA) is 38.9 Å². The molecule has 0 amide bonds. The largest absolute Gasteiger partial charge is 0.389 e. The van der Waals surface area contributed by atoms with Crippen molar-refractivity contribution < 1.29 is 0 Å². The molecule has 0 aliphatic carbocycles. The molecule has 0 spiro atoms. The number of thiazole rings is 1. The normalized spacial score (nSPS) is 11.6. The third-order valence-electron chi connectivity index (χ3n) is 2.94. The van der Waals surface area contributed by atoms with Gasteiger partial charge in [-0.1, -0.05) is 57.3 Å². The Labute approximate surface area is 123 Å². The van der Waals surface area contributed by atoms with E-state index in [1.165, 1.54) is 5.56 Å². The molecule has 0 atom stereocenters. The number of rotatable bonds is 2. The van der Waals surface area contributed by atoms with Crippen molar-refractivity contribution in [1.82, 2.24) is 4.98 Å². The quantitative estimate of drug-likeness (QED) is 0.848. The van der Waals surface area contributed by atoms with Crippen molar-refractivity contribution in [3.8, 4) is 10.6 Å². The Morgan fingerprint density at radius 3 is 2.37 bits per heavy atom. The van der Waals surface area contributed by atoms with E-state index in [0.717, 1.165) is 21.1 Å². The van der Waals surface area contributed by atoms with Crippen LogP contribution in [0.3, 0.4) is 0 Å². The zero-order valence-corrected chi connectivity index (χ0v) is 13.3. The van der Waals surface area contributed by atoms with Crippen molar-refractivity contribution in [2.24, 2.45) is 5.73 Å². The second-order valence-corrected chi connectivity index (χ2v) is 7.06. The van der Waals surface area contributed by atoms with Gasteiger partial charge in [0.15, 0.2) is 0 Å². The number of benzene rings is 1. The van der Waals surface area contributed by atoms with Crippen molar-refractivity contribution in [3.63, 3.8) is 0 Å². The zero-order valence-electron chi connectivity index (χ0n) is 11.7. The van der Waals surface area contributed by atoms with Gasteiger partial charge < -0.3 is 5.73 Å². The third kappa shape index (κ3) is 2.85. The zero-order chi connectivity index (χ0) is 14.2. The van der Waals surface area contributed by atoms with E-state index in [1.807, 2.05) is 12.1 Å². The fourth-order valence-electron chi connectivity index (χ4n) is 1.92. The van der Waals surface area contributed by atoms with Gasteiger partial charge in [-0.05, 0) is 12.5 Å². The fraction of sp³-hybridized carbons (Fsp3) is 0.333. The predicted molar refractivity (Wildman–Crippen MR) is 86.9 cm³/mol. The summed E-state index contributed by atoms with van der Waals surface area (Å²) >= 11 is 6.75. The number of nitrogens with zero attached hydrogens (tertiary/aromatic N) is 1. The molecular formula is C15H18N2S2. The number of aromatic nitrogens is 1. The highest BCUT2D eigenvalue weighted by molar-refractivity contribution is 7.81. The van der Waals surface area contributed by atoms with Gasteiger partial charge in [-0.15, -0.1) is 11.3 Å². The number of hydrogen-bond acceptors (Lipinski definition) is 3. The van der Waals surface area contributed by atoms with Gasteiger partial charge in [0.1, 0.15) is 10.00 Å². The monoisotopic (exact) mass is 290 g/mol. The maximum atomic E-state index is 5.84. The molecule has 0 saturated carbocycles. The lowest BCUT2D eigenvalue weighted by atomic mass is 9.91. The Bertz CT molecular complexity index is 621. The molecule has 0 unspecified atom stereocenters. The van der Waals surface area contributed by atoms with Crippen LogP contribution in [0.2, 0.25) is 0 Å². The van der Waals surface area contributed by atoms with Crippen molar-refractivity contribution in [2.45, 2.75) is 33.1 Å². The predicted octanol–water partition coefficient (Wildman–Crippen LogP) is 4.05. The Balaban J connectivity index is 2.62. The molecule has 1 aromatic heterocycles. The Kier molecular flexibility index (Phi) is 3.74. The van der Waals surface area contributed by atoms with Gasteiger partial charge in [0, 0.05) is 11.0 Å². The highest BCUT2D eigenvalue weighted by atomic mass is 32.1. The molecule has 0 fully saturated rings. The molecule has 19 heavy (non-hydrogen) atoms. The van der Waals surface area contributed by atoms with Gasteiger partial charge in [0.25, 0.3) is 0 Å². The summed E-state index contributed by atoms with van der Waals surface area (Å²) in [6, 6.07) is 8.24. The van der Waals surface area contributed by atoms with Crippen LogP contribution in [0, 0.1) is 6.92 Å². The smallest absolute Gasteiger partial charge is 0.124 e. The summed E-state index contributed by atoms with van der Waals surface area (Å²) < 4.78 is 0. The van der Waals surface area contributed by atoms with E-state index in [4.69, 9.17) is 22.9 Å². The standard InChI is InChI=1S/C15H18N2S2/c1-9-7-5-6-8-10(9)14-17-12(15(2,3)4)11(19-14)13(16)18/h5-8H,1-4H3,(H2,16,18). The molecule has 100 valence electrons. The Morgan fingerprint density at radius 2 is 1.89 bits per heavy atom. The van der Waals surface area contributed by atoms with Crippen LogP contribution >= 0.6 is 23.6 Å². The van der Waals surface area contributed by atoms with Crippen LogP contribution in [-0.2, 0) is 5.41 Å². The summed E-state index contributed by atoms with van der Waals surface area (Å²) in [5.41, 5.74) is 9.14. The average molecular weight is 290 g/mol. The third-order valence-corrected chi connectivity index (χ3v) is 4.39. The second kappa shape index (κ2) is 5.02. The molecule has 0 aliphatic rings. The number of thiocarbonyl (C=S) groups is 1. The Hall–Kier alpha value is -1.26. The first-order valence-electron chi connectivity index (χ1n) is 6.18.